The molecule has 0 aliphatic carbocycles. The second-order valence-corrected chi connectivity index (χ2v) is 7.84. The normalized spacial score (nSPS) is 18.3. The number of hydrogen-bond acceptors (Lipinski definition) is 3. The Morgan fingerprint density at radius 2 is 2.00 bits per heavy atom. The van der Waals surface area contributed by atoms with Crippen LogP contribution in [-0.4, -0.2) is 28.2 Å². The Bertz CT molecular complexity index is 1210. The van der Waals surface area contributed by atoms with Crippen molar-refractivity contribution in [3.63, 3.8) is 0 Å². The molecule has 0 saturated heterocycles. The standard InChI is InChI=1S/C21H15Cl2N3O2/c1-10(27)26-9-17-20(21(26)28)18(12-6-5-11(22)7-14(12)23)13-8-24-15-3-2-4-16(25-17)19(13)15/h2-8,18,24-25H,9H2,1H3. The molecule has 2 aliphatic rings. The van der Waals surface area contributed by atoms with E-state index in [1.165, 1.54) is 11.8 Å². The van der Waals surface area contributed by atoms with Gasteiger partial charge in [-0.25, -0.2) is 0 Å². The van der Waals surface area contributed by atoms with Crippen LogP contribution in [0.2, 0.25) is 10.0 Å². The van der Waals surface area contributed by atoms with E-state index in [-0.39, 0.29) is 18.4 Å². The van der Waals surface area contributed by atoms with E-state index in [1.54, 1.807) is 12.1 Å². The molecule has 0 fully saturated rings. The third kappa shape index (κ3) is 2.40. The number of nitrogens with one attached hydrogen (secondary N) is 2. The highest BCUT2D eigenvalue weighted by molar-refractivity contribution is 6.35. The molecule has 1 aromatic heterocycles. The number of carbonyl (C=O) groups excluding carboxylic acids is 2. The van der Waals surface area contributed by atoms with Crippen molar-refractivity contribution in [2.45, 2.75) is 12.8 Å². The van der Waals surface area contributed by atoms with Crippen LogP contribution < -0.4 is 5.32 Å². The van der Waals surface area contributed by atoms with Gasteiger partial charge in [-0.3, -0.25) is 14.5 Å². The Morgan fingerprint density at radius 1 is 1.18 bits per heavy atom. The molecule has 1 atom stereocenters. The molecule has 3 aromatic rings. The molecule has 140 valence electrons. The first kappa shape index (κ1) is 17.3. The van der Waals surface area contributed by atoms with E-state index < -0.39 is 5.92 Å². The highest BCUT2D eigenvalue weighted by Gasteiger charge is 2.41. The lowest BCUT2D eigenvalue weighted by molar-refractivity contribution is -0.139. The molecule has 2 amide bonds. The molecule has 5 nitrogen and oxygen atoms in total. The summed E-state index contributed by atoms with van der Waals surface area (Å²) in [6.45, 7) is 1.62. The van der Waals surface area contributed by atoms with E-state index >= 15 is 0 Å². The molecule has 0 spiro atoms. The summed E-state index contributed by atoms with van der Waals surface area (Å²) in [5.41, 5.74) is 4.83. The molecule has 2 aromatic carbocycles. The Labute approximate surface area is 170 Å². The molecule has 1 unspecified atom stereocenters. The van der Waals surface area contributed by atoms with Gasteiger partial charge in [0.15, 0.2) is 0 Å². The molecule has 0 saturated carbocycles. The van der Waals surface area contributed by atoms with Crippen LogP contribution in [0.15, 0.2) is 53.9 Å². The number of benzene rings is 2. The van der Waals surface area contributed by atoms with E-state index in [0.29, 0.717) is 15.6 Å². The maximum absolute atomic E-state index is 13.2. The summed E-state index contributed by atoms with van der Waals surface area (Å²) in [6, 6.07) is 11.2. The summed E-state index contributed by atoms with van der Waals surface area (Å²) in [5.74, 6) is -0.997. The van der Waals surface area contributed by atoms with Crippen molar-refractivity contribution in [1.82, 2.24) is 9.88 Å². The van der Waals surface area contributed by atoms with Gasteiger partial charge in [-0.1, -0.05) is 35.3 Å². The minimum Gasteiger partial charge on any atom is -0.361 e. The molecule has 2 N–H and O–H groups in total. The van der Waals surface area contributed by atoms with Gasteiger partial charge in [-0.15, -0.1) is 0 Å². The summed E-state index contributed by atoms with van der Waals surface area (Å²) in [7, 11) is 0. The summed E-state index contributed by atoms with van der Waals surface area (Å²) >= 11 is 12.7. The highest BCUT2D eigenvalue weighted by Crippen LogP contribution is 2.47. The van der Waals surface area contributed by atoms with Gasteiger partial charge in [0.25, 0.3) is 5.91 Å². The second-order valence-electron chi connectivity index (χ2n) is 7.00. The Kier molecular flexibility index (Phi) is 3.79. The number of halogens is 2. The van der Waals surface area contributed by atoms with Crippen molar-refractivity contribution in [2.24, 2.45) is 0 Å². The van der Waals surface area contributed by atoms with Gasteiger partial charge in [0.2, 0.25) is 5.91 Å². The molecular weight excluding hydrogens is 397 g/mol. The predicted octanol–water partition coefficient (Wildman–Crippen LogP) is 4.67. The van der Waals surface area contributed by atoms with Gasteiger partial charge in [0, 0.05) is 51.4 Å². The molecule has 0 bridgehead atoms. The number of nitrogens with zero attached hydrogens (tertiary/aromatic N) is 1. The quantitative estimate of drug-likeness (QED) is 0.610. The van der Waals surface area contributed by atoms with E-state index in [1.807, 2.05) is 30.5 Å². The van der Waals surface area contributed by atoms with Crippen LogP contribution in [0.4, 0.5) is 5.69 Å². The third-order valence-corrected chi connectivity index (χ3v) is 5.95. The molecule has 3 heterocycles. The smallest absolute Gasteiger partial charge is 0.259 e. The zero-order valence-corrected chi connectivity index (χ0v) is 16.4. The van der Waals surface area contributed by atoms with Gasteiger partial charge in [0.1, 0.15) is 0 Å². The lowest BCUT2D eigenvalue weighted by atomic mass is 9.84. The number of carbonyl (C=O) groups is 2. The minimum absolute atomic E-state index is 0.218. The molecule has 28 heavy (non-hydrogen) atoms. The first-order valence-corrected chi connectivity index (χ1v) is 9.58. The maximum atomic E-state index is 13.2. The number of aromatic amines is 1. The second kappa shape index (κ2) is 6.12. The summed E-state index contributed by atoms with van der Waals surface area (Å²) < 4.78 is 0. The van der Waals surface area contributed by atoms with E-state index in [9.17, 15) is 9.59 Å². The average molecular weight is 412 g/mol. The van der Waals surface area contributed by atoms with Crippen LogP contribution >= 0.6 is 23.2 Å². The number of H-pyrrole nitrogens is 1. The van der Waals surface area contributed by atoms with Crippen molar-refractivity contribution < 1.29 is 9.59 Å². The number of amides is 2. The third-order valence-electron chi connectivity index (χ3n) is 5.39. The Morgan fingerprint density at radius 3 is 2.75 bits per heavy atom. The fourth-order valence-corrected chi connectivity index (χ4v) is 4.69. The minimum atomic E-state index is -0.415. The van der Waals surface area contributed by atoms with Crippen molar-refractivity contribution in [3.05, 3.63) is 75.0 Å². The highest BCUT2D eigenvalue weighted by atomic mass is 35.5. The van der Waals surface area contributed by atoms with E-state index in [0.717, 1.165) is 33.4 Å². The van der Waals surface area contributed by atoms with Crippen molar-refractivity contribution in [2.75, 3.05) is 11.9 Å². The van der Waals surface area contributed by atoms with E-state index in [2.05, 4.69) is 10.3 Å². The van der Waals surface area contributed by atoms with Crippen molar-refractivity contribution in [3.8, 4) is 0 Å². The molecule has 2 aliphatic heterocycles. The van der Waals surface area contributed by atoms with Crippen LogP contribution in [0, 0.1) is 0 Å². The average Bonchev–Trinajstić information content (AvgIpc) is 3.17. The van der Waals surface area contributed by atoms with Crippen LogP contribution in [0.25, 0.3) is 10.9 Å². The van der Waals surface area contributed by atoms with Crippen molar-refractivity contribution >= 4 is 51.6 Å². The molecule has 7 heteroatoms. The fourth-order valence-electron chi connectivity index (χ4n) is 4.17. The van der Waals surface area contributed by atoms with E-state index in [4.69, 9.17) is 23.2 Å². The number of aromatic nitrogens is 1. The van der Waals surface area contributed by atoms with Crippen LogP contribution in [-0.2, 0) is 9.59 Å². The van der Waals surface area contributed by atoms with Gasteiger partial charge >= 0.3 is 0 Å². The van der Waals surface area contributed by atoms with Crippen LogP contribution in [0.1, 0.15) is 24.0 Å². The van der Waals surface area contributed by atoms with Gasteiger partial charge < -0.3 is 10.3 Å². The van der Waals surface area contributed by atoms with Crippen LogP contribution in [0.5, 0.6) is 0 Å². The SMILES string of the molecule is CC(=O)N1CC2=C(C1=O)C(c1ccc(Cl)cc1Cl)c1c[nH]c3cccc(c13)N2. The van der Waals surface area contributed by atoms with Gasteiger partial charge in [-0.05, 0) is 35.4 Å². The Balaban J connectivity index is 1.81. The summed E-state index contributed by atoms with van der Waals surface area (Å²) in [6.07, 6.45) is 1.91. The largest absolute Gasteiger partial charge is 0.361 e. The molecular formula is C21H15Cl2N3O2. The number of imide groups is 1. The summed E-state index contributed by atoms with van der Waals surface area (Å²) in [4.78, 5) is 29.8. The molecule has 5 rings (SSSR count). The van der Waals surface area contributed by atoms with Crippen molar-refractivity contribution in [1.29, 1.82) is 0 Å². The summed E-state index contributed by atoms with van der Waals surface area (Å²) in [5, 5.41) is 5.41. The maximum Gasteiger partial charge on any atom is 0.259 e. The van der Waals surface area contributed by atoms with Gasteiger partial charge in [-0.2, -0.15) is 0 Å². The Hall–Kier alpha value is -2.76. The topological polar surface area (TPSA) is 65.2 Å². The zero-order valence-electron chi connectivity index (χ0n) is 14.8. The first-order valence-electron chi connectivity index (χ1n) is 8.83. The van der Waals surface area contributed by atoms with Crippen LogP contribution in [0.3, 0.4) is 0 Å². The first-order chi connectivity index (χ1) is 13.5. The monoisotopic (exact) mass is 411 g/mol. The number of rotatable bonds is 1. The fraction of sp³-hybridized carbons (Fsp3) is 0.143. The zero-order chi connectivity index (χ0) is 19.6. The number of hydrogen-bond donors (Lipinski definition) is 2. The van der Waals surface area contributed by atoms with Gasteiger partial charge in [0.05, 0.1) is 12.1 Å². The lowest BCUT2D eigenvalue weighted by Gasteiger charge is -2.20. The predicted molar refractivity (Wildman–Crippen MR) is 110 cm³/mol. The number of anilines is 1. The lowest BCUT2D eigenvalue weighted by Crippen LogP contribution is -2.33. The molecule has 0 radical (unpaired) electrons.